The first-order valence-electron chi connectivity index (χ1n) is 7.26. The minimum Gasteiger partial charge on any atom is -0.493 e. The molecule has 0 aromatic heterocycles. The normalized spacial score (nSPS) is 11.7. The van der Waals surface area contributed by atoms with Gasteiger partial charge in [-0.15, -0.1) is 11.8 Å². The molecule has 1 amide bonds. The minimum atomic E-state index is -0.146. The van der Waals surface area contributed by atoms with Crippen molar-refractivity contribution in [3.05, 3.63) is 53.6 Å². The van der Waals surface area contributed by atoms with E-state index in [0.717, 1.165) is 5.56 Å². The van der Waals surface area contributed by atoms with Crippen LogP contribution in [-0.2, 0) is 0 Å². The fourth-order valence-corrected chi connectivity index (χ4v) is 2.64. The Labute approximate surface area is 141 Å². The maximum absolute atomic E-state index is 12.4. The molecule has 4 nitrogen and oxygen atoms in total. The quantitative estimate of drug-likeness (QED) is 0.815. The number of thioether (sulfide) groups is 1. The van der Waals surface area contributed by atoms with Crippen LogP contribution >= 0.6 is 11.8 Å². The molecule has 1 atom stereocenters. The van der Waals surface area contributed by atoms with Gasteiger partial charge in [-0.2, -0.15) is 0 Å². The highest BCUT2D eigenvalue weighted by atomic mass is 32.2. The summed E-state index contributed by atoms with van der Waals surface area (Å²) in [6.45, 7) is 1.97. The Morgan fingerprint density at radius 2 is 1.70 bits per heavy atom. The van der Waals surface area contributed by atoms with Gasteiger partial charge in [-0.05, 0) is 49.1 Å². The van der Waals surface area contributed by atoms with Crippen LogP contribution in [-0.4, -0.2) is 26.4 Å². The largest absolute Gasteiger partial charge is 0.493 e. The lowest BCUT2D eigenvalue weighted by molar-refractivity contribution is 0.0939. The number of hydrogen-bond donors (Lipinski definition) is 1. The summed E-state index contributed by atoms with van der Waals surface area (Å²) in [5.74, 6) is 0.995. The van der Waals surface area contributed by atoms with Gasteiger partial charge < -0.3 is 14.8 Å². The molecule has 0 saturated heterocycles. The molecule has 23 heavy (non-hydrogen) atoms. The van der Waals surface area contributed by atoms with Gasteiger partial charge in [-0.1, -0.05) is 12.1 Å². The van der Waals surface area contributed by atoms with E-state index in [4.69, 9.17) is 9.47 Å². The van der Waals surface area contributed by atoms with Gasteiger partial charge in [0.05, 0.1) is 20.3 Å². The summed E-state index contributed by atoms with van der Waals surface area (Å²) in [6.07, 6.45) is 2.04. The molecular weight excluding hydrogens is 310 g/mol. The van der Waals surface area contributed by atoms with E-state index in [1.807, 2.05) is 25.3 Å². The van der Waals surface area contributed by atoms with Crippen LogP contribution in [0.25, 0.3) is 0 Å². The Hall–Kier alpha value is -2.14. The number of amides is 1. The third-order valence-corrected chi connectivity index (χ3v) is 4.35. The second-order valence-electron chi connectivity index (χ2n) is 5.04. The van der Waals surface area contributed by atoms with Crippen molar-refractivity contribution in [2.75, 3.05) is 20.5 Å². The Morgan fingerprint density at radius 1 is 1.04 bits per heavy atom. The molecule has 2 aromatic carbocycles. The SMILES string of the molecule is COc1ccc(C(=O)N[C@@H](C)c2ccc(SC)cc2)cc1OC. The van der Waals surface area contributed by atoms with Gasteiger partial charge in [0.25, 0.3) is 5.91 Å². The summed E-state index contributed by atoms with van der Waals surface area (Å²) < 4.78 is 10.4. The molecule has 0 aliphatic heterocycles. The number of carbonyl (C=O) groups is 1. The molecule has 0 unspecified atom stereocenters. The Bertz CT molecular complexity index is 670. The molecule has 0 saturated carbocycles. The number of nitrogens with one attached hydrogen (secondary N) is 1. The van der Waals surface area contributed by atoms with Crippen molar-refractivity contribution in [3.8, 4) is 11.5 Å². The van der Waals surface area contributed by atoms with Crippen molar-refractivity contribution in [1.29, 1.82) is 0 Å². The van der Waals surface area contributed by atoms with Crippen molar-refractivity contribution in [2.45, 2.75) is 17.9 Å². The summed E-state index contributed by atoms with van der Waals surface area (Å²) in [5, 5.41) is 3.00. The molecule has 0 fully saturated rings. The molecule has 0 bridgehead atoms. The molecule has 0 heterocycles. The zero-order chi connectivity index (χ0) is 16.8. The molecule has 0 aliphatic rings. The average molecular weight is 331 g/mol. The van der Waals surface area contributed by atoms with Crippen molar-refractivity contribution in [1.82, 2.24) is 5.32 Å². The van der Waals surface area contributed by atoms with E-state index in [1.54, 1.807) is 44.2 Å². The summed E-state index contributed by atoms with van der Waals surface area (Å²) in [5.41, 5.74) is 1.60. The zero-order valence-electron chi connectivity index (χ0n) is 13.8. The molecule has 2 rings (SSSR count). The van der Waals surface area contributed by atoms with Crippen LogP contribution in [0.5, 0.6) is 11.5 Å². The van der Waals surface area contributed by atoms with Crippen molar-refractivity contribution in [3.63, 3.8) is 0 Å². The van der Waals surface area contributed by atoms with Gasteiger partial charge in [0, 0.05) is 10.5 Å². The predicted molar refractivity (Wildman–Crippen MR) is 93.7 cm³/mol. The van der Waals surface area contributed by atoms with E-state index in [-0.39, 0.29) is 11.9 Å². The van der Waals surface area contributed by atoms with Gasteiger partial charge >= 0.3 is 0 Å². The van der Waals surface area contributed by atoms with Gasteiger partial charge in [0.15, 0.2) is 11.5 Å². The summed E-state index contributed by atoms with van der Waals surface area (Å²) >= 11 is 1.69. The van der Waals surface area contributed by atoms with Gasteiger partial charge in [0.2, 0.25) is 0 Å². The van der Waals surface area contributed by atoms with Gasteiger partial charge in [-0.3, -0.25) is 4.79 Å². The number of methoxy groups -OCH3 is 2. The Morgan fingerprint density at radius 3 is 2.26 bits per heavy atom. The fourth-order valence-electron chi connectivity index (χ4n) is 2.23. The number of hydrogen-bond acceptors (Lipinski definition) is 4. The lowest BCUT2D eigenvalue weighted by Gasteiger charge is -2.15. The minimum absolute atomic E-state index is 0.0773. The van der Waals surface area contributed by atoms with E-state index in [9.17, 15) is 4.79 Å². The maximum atomic E-state index is 12.4. The van der Waals surface area contributed by atoms with Crippen LogP contribution in [0.4, 0.5) is 0 Å². The summed E-state index contributed by atoms with van der Waals surface area (Å²) in [6, 6.07) is 13.2. The second-order valence-corrected chi connectivity index (χ2v) is 5.92. The summed E-state index contributed by atoms with van der Waals surface area (Å²) in [7, 11) is 3.12. The highest BCUT2D eigenvalue weighted by Gasteiger charge is 2.14. The topological polar surface area (TPSA) is 47.6 Å². The van der Waals surface area contributed by atoms with E-state index in [2.05, 4.69) is 17.4 Å². The van der Waals surface area contributed by atoms with Crippen LogP contribution in [0.15, 0.2) is 47.4 Å². The highest BCUT2D eigenvalue weighted by Crippen LogP contribution is 2.28. The second kappa shape index (κ2) is 7.92. The molecule has 122 valence electrons. The first kappa shape index (κ1) is 17.2. The number of rotatable bonds is 6. The molecular formula is C18H21NO3S. The fraction of sp³-hybridized carbons (Fsp3) is 0.278. The Kier molecular flexibility index (Phi) is 5.93. The first-order valence-corrected chi connectivity index (χ1v) is 8.48. The maximum Gasteiger partial charge on any atom is 0.251 e. The third kappa shape index (κ3) is 4.20. The number of carbonyl (C=O) groups excluding carboxylic acids is 1. The molecule has 0 spiro atoms. The standard InChI is InChI=1S/C18H21NO3S/c1-12(13-5-8-15(23-4)9-6-13)19-18(20)14-7-10-16(21-2)17(11-14)22-3/h5-12H,1-4H3,(H,19,20)/t12-/m0/s1. The summed E-state index contributed by atoms with van der Waals surface area (Å²) in [4.78, 5) is 13.6. The van der Waals surface area contributed by atoms with E-state index in [0.29, 0.717) is 17.1 Å². The number of benzene rings is 2. The van der Waals surface area contributed by atoms with Gasteiger partial charge in [-0.25, -0.2) is 0 Å². The molecule has 5 heteroatoms. The molecule has 0 aliphatic carbocycles. The van der Waals surface area contributed by atoms with Crippen LogP contribution < -0.4 is 14.8 Å². The van der Waals surface area contributed by atoms with Crippen LogP contribution in [0.1, 0.15) is 28.9 Å². The van der Waals surface area contributed by atoms with Crippen molar-refractivity contribution >= 4 is 17.7 Å². The van der Waals surface area contributed by atoms with Crippen LogP contribution in [0.2, 0.25) is 0 Å². The predicted octanol–water partition coefficient (Wildman–Crippen LogP) is 3.92. The van der Waals surface area contributed by atoms with Crippen LogP contribution in [0.3, 0.4) is 0 Å². The highest BCUT2D eigenvalue weighted by molar-refractivity contribution is 7.98. The van der Waals surface area contributed by atoms with E-state index < -0.39 is 0 Å². The smallest absolute Gasteiger partial charge is 0.251 e. The lowest BCUT2D eigenvalue weighted by Crippen LogP contribution is -2.26. The molecule has 1 N–H and O–H groups in total. The monoisotopic (exact) mass is 331 g/mol. The number of ether oxygens (including phenoxy) is 2. The van der Waals surface area contributed by atoms with E-state index >= 15 is 0 Å². The van der Waals surface area contributed by atoms with Gasteiger partial charge in [0.1, 0.15) is 0 Å². The van der Waals surface area contributed by atoms with Crippen LogP contribution in [0, 0.1) is 0 Å². The zero-order valence-corrected chi connectivity index (χ0v) is 14.6. The lowest BCUT2D eigenvalue weighted by atomic mass is 10.1. The first-order chi connectivity index (χ1) is 11.1. The third-order valence-electron chi connectivity index (χ3n) is 3.61. The van der Waals surface area contributed by atoms with Crippen molar-refractivity contribution in [2.24, 2.45) is 0 Å². The molecule has 2 aromatic rings. The van der Waals surface area contributed by atoms with Crippen molar-refractivity contribution < 1.29 is 14.3 Å². The van der Waals surface area contributed by atoms with E-state index in [1.165, 1.54) is 4.90 Å². The molecule has 0 radical (unpaired) electrons. The Balaban J connectivity index is 2.11. The average Bonchev–Trinajstić information content (AvgIpc) is 2.60.